The van der Waals surface area contributed by atoms with Gasteiger partial charge in [-0.2, -0.15) is 0 Å². The zero-order chi connectivity index (χ0) is 15.2. The second-order valence-corrected chi connectivity index (χ2v) is 4.92. The molecule has 22 heavy (non-hydrogen) atoms. The third-order valence-corrected chi connectivity index (χ3v) is 3.38. The van der Waals surface area contributed by atoms with Crippen LogP contribution in [-0.2, 0) is 11.5 Å². The summed E-state index contributed by atoms with van der Waals surface area (Å²) in [4.78, 5) is 13.2. The molecule has 2 aromatic carbocycles. The number of nitrogens with one attached hydrogen (secondary N) is 1. The number of benzene rings is 2. The van der Waals surface area contributed by atoms with Crippen LogP contribution in [0.1, 0.15) is 0 Å². The van der Waals surface area contributed by atoms with Crippen molar-refractivity contribution >= 4 is 23.5 Å². The van der Waals surface area contributed by atoms with Gasteiger partial charge in [-0.3, -0.25) is 9.69 Å². The lowest BCUT2D eigenvalue weighted by Crippen LogP contribution is -2.24. The van der Waals surface area contributed by atoms with E-state index in [0.717, 1.165) is 23.5 Å². The summed E-state index contributed by atoms with van der Waals surface area (Å²) < 4.78 is 1.95. The average molecular weight is 291 g/mol. The quantitative estimate of drug-likeness (QED) is 0.700. The van der Waals surface area contributed by atoms with Crippen molar-refractivity contribution in [3.05, 3.63) is 79.1 Å². The van der Waals surface area contributed by atoms with E-state index in [2.05, 4.69) is 5.32 Å². The molecule has 0 spiro atoms. The van der Waals surface area contributed by atoms with Gasteiger partial charge in [-0.15, -0.1) is 0 Å². The monoisotopic (exact) mass is 291 g/mol. The summed E-state index contributed by atoms with van der Waals surface area (Å²) >= 11 is 0. The molecule has 0 fully saturated rings. The van der Waals surface area contributed by atoms with E-state index in [0.29, 0.717) is 6.67 Å². The van der Waals surface area contributed by atoms with E-state index in [9.17, 15) is 4.79 Å². The number of rotatable bonds is 6. The minimum Gasteiger partial charge on any atom is -0.354 e. The highest BCUT2D eigenvalue weighted by Gasteiger charge is 2.10. The van der Waals surface area contributed by atoms with Crippen molar-refractivity contribution in [2.45, 2.75) is 6.67 Å². The Labute approximate surface area is 129 Å². The zero-order valence-corrected chi connectivity index (χ0v) is 12.1. The highest BCUT2D eigenvalue weighted by molar-refractivity contribution is 5.84. The standard InChI is InChI=1S/C18H17N3O/c22-15-21(14-20-12-6-7-13-20)18-11-5-4-10-17(18)19-16-8-2-1-3-9-16/h1-13,15,19H,14H2. The van der Waals surface area contributed by atoms with Crippen molar-refractivity contribution < 1.29 is 4.79 Å². The summed E-state index contributed by atoms with van der Waals surface area (Å²) in [7, 11) is 0. The largest absolute Gasteiger partial charge is 0.354 e. The molecule has 1 N–H and O–H groups in total. The third-order valence-electron chi connectivity index (χ3n) is 3.38. The SMILES string of the molecule is O=CN(Cn1cccc1)c1ccccc1Nc1ccccc1. The molecule has 110 valence electrons. The van der Waals surface area contributed by atoms with Crippen LogP contribution in [-0.4, -0.2) is 11.0 Å². The molecule has 0 aliphatic carbocycles. The van der Waals surface area contributed by atoms with E-state index in [1.54, 1.807) is 4.90 Å². The molecule has 1 amide bonds. The normalized spacial score (nSPS) is 10.2. The van der Waals surface area contributed by atoms with E-state index in [1.807, 2.05) is 83.7 Å². The van der Waals surface area contributed by atoms with Crippen LogP contribution in [0.2, 0.25) is 0 Å². The first-order chi connectivity index (χ1) is 10.9. The fourth-order valence-corrected chi connectivity index (χ4v) is 2.31. The average Bonchev–Trinajstić information content (AvgIpc) is 3.07. The van der Waals surface area contributed by atoms with Gasteiger partial charge < -0.3 is 9.88 Å². The smallest absolute Gasteiger partial charge is 0.215 e. The van der Waals surface area contributed by atoms with Crippen molar-refractivity contribution in [2.24, 2.45) is 0 Å². The number of aromatic nitrogens is 1. The lowest BCUT2D eigenvalue weighted by molar-refractivity contribution is -0.107. The molecule has 0 unspecified atom stereocenters. The fraction of sp³-hybridized carbons (Fsp3) is 0.0556. The van der Waals surface area contributed by atoms with Gasteiger partial charge in [0.15, 0.2) is 0 Å². The number of anilines is 3. The van der Waals surface area contributed by atoms with Gasteiger partial charge >= 0.3 is 0 Å². The van der Waals surface area contributed by atoms with E-state index in [-0.39, 0.29) is 0 Å². The third kappa shape index (κ3) is 3.17. The minimum atomic E-state index is 0.476. The number of hydrogen-bond donors (Lipinski definition) is 1. The van der Waals surface area contributed by atoms with Crippen molar-refractivity contribution in [3.63, 3.8) is 0 Å². The van der Waals surface area contributed by atoms with Crippen LogP contribution in [0.25, 0.3) is 0 Å². The van der Waals surface area contributed by atoms with Crippen LogP contribution < -0.4 is 10.2 Å². The Balaban J connectivity index is 1.87. The second kappa shape index (κ2) is 6.63. The van der Waals surface area contributed by atoms with Gasteiger partial charge in [0.1, 0.15) is 6.67 Å². The fourth-order valence-electron chi connectivity index (χ4n) is 2.31. The summed E-state index contributed by atoms with van der Waals surface area (Å²) in [5, 5.41) is 3.36. The first-order valence-corrected chi connectivity index (χ1v) is 7.10. The van der Waals surface area contributed by atoms with Crippen LogP contribution in [0.3, 0.4) is 0 Å². The number of carbonyl (C=O) groups is 1. The Morgan fingerprint density at radius 2 is 1.59 bits per heavy atom. The van der Waals surface area contributed by atoms with Gasteiger partial charge in [0.2, 0.25) is 6.41 Å². The van der Waals surface area contributed by atoms with Gasteiger partial charge in [0.25, 0.3) is 0 Å². The highest BCUT2D eigenvalue weighted by Crippen LogP contribution is 2.28. The van der Waals surface area contributed by atoms with Gasteiger partial charge in [0.05, 0.1) is 11.4 Å². The maximum atomic E-state index is 11.5. The molecule has 0 saturated carbocycles. The maximum Gasteiger partial charge on any atom is 0.215 e. The maximum absolute atomic E-state index is 11.5. The molecule has 4 nitrogen and oxygen atoms in total. The van der Waals surface area contributed by atoms with Crippen LogP contribution in [0.15, 0.2) is 79.1 Å². The summed E-state index contributed by atoms with van der Waals surface area (Å²) in [5.41, 5.74) is 2.73. The number of amides is 1. The van der Waals surface area contributed by atoms with Crippen LogP contribution in [0, 0.1) is 0 Å². The van der Waals surface area contributed by atoms with Gasteiger partial charge in [0, 0.05) is 18.1 Å². The van der Waals surface area contributed by atoms with Crippen LogP contribution in [0.4, 0.5) is 17.1 Å². The Bertz CT molecular complexity index is 723. The molecule has 3 aromatic rings. The number of carbonyl (C=O) groups excluding carboxylic acids is 1. The number of hydrogen-bond acceptors (Lipinski definition) is 2. The lowest BCUT2D eigenvalue weighted by Gasteiger charge is -2.22. The molecule has 1 heterocycles. The Hall–Kier alpha value is -3.01. The molecule has 0 radical (unpaired) electrons. The van der Waals surface area contributed by atoms with E-state index >= 15 is 0 Å². The lowest BCUT2D eigenvalue weighted by atomic mass is 10.2. The molecule has 0 aliphatic rings. The van der Waals surface area contributed by atoms with Crippen molar-refractivity contribution in [3.8, 4) is 0 Å². The van der Waals surface area contributed by atoms with Gasteiger partial charge in [-0.05, 0) is 36.4 Å². The Morgan fingerprint density at radius 1 is 0.909 bits per heavy atom. The zero-order valence-electron chi connectivity index (χ0n) is 12.1. The summed E-state index contributed by atoms with van der Waals surface area (Å²) in [5.74, 6) is 0. The van der Waals surface area contributed by atoms with Crippen molar-refractivity contribution in [1.29, 1.82) is 0 Å². The van der Waals surface area contributed by atoms with E-state index < -0.39 is 0 Å². The first-order valence-electron chi connectivity index (χ1n) is 7.10. The summed E-state index contributed by atoms with van der Waals surface area (Å²) in [6, 6.07) is 21.6. The minimum absolute atomic E-state index is 0.476. The summed E-state index contributed by atoms with van der Waals surface area (Å²) in [6.45, 7) is 0.476. The number of nitrogens with zero attached hydrogens (tertiary/aromatic N) is 2. The molecule has 0 atom stereocenters. The highest BCUT2D eigenvalue weighted by atomic mass is 16.1. The van der Waals surface area contributed by atoms with Crippen molar-refractivity contribution in [2.75, 3.05) is 10.2 Å². The Kier molecular flexibility index (Phi) is 4.20. The Morgan fingerprint density at radius 3 is 2.32 bits per heavy atom. The van der Waals surface area contributed by atoms with E-state index in [1.165, 1.54) is 0 Å². The first kappa shape index (κ1) is 13.9. The van der Waals surface area contributed by atoms with Crippen molar-refractivity contribution in [1.82, 2.24) is 4.57 Å². The molecule has 0 saturated heterocycles. The number of para-hydroxylation sites is 3. The molecule has 1 aromatic heterocycles. The molecular weight excluding hydrogens is 274 g/mol. The van der Waals surface area contributed by atoms with Gasteiger partial charge in [-0.25, -0.2) is 0 Å². The van der Waals surface area contributed by atoms with Gasteiger partial charge in [-0.1, -0.05) is 30.3 Å². The van der Waals surface area contributed by atoms with Crippen LogP contribution >= 0.6 is 0 Å². The molecule has 0 bridgehead atoms. The van der Waals surface area contributed by atoms with E-state index in [4.69, 9.17) is 0 Å². The second-order valence-electron chi connectivity index (χ2n) is 4.92. The molecule has 3 rings (SSSR count). The summed E-state index contributed by atoms with van der Waals surface area (Å²) in [6.07, 6.45) is 4.72. The topological polar surface area (TPSA) is 37.3 Å². The molecule has 4 heteroatoms. The van der Waals surface area contributed by atoms with Crippen LogP contribution in [0.5, 0.6) is 0 Å². The molecule has 0 aliphatic heterocycles. The molecular formula is C18H17N3O. The predicted octanol–water partition coefficient (Wildman–Crippen LogP) is 3.85. The predicted molar refractivity (Wildman–Crippen MR) is 89.1 cm³/mol.